The van der Waals surface area contributed by atoms with Crippen LogP contribution in [0.5, 0.6) is 0 Å². The van der Waals surface area contributed by atoms with Gasteiger partial charge in [-0.3, -0.25) is 0 Å². The molecule has 0 aliphatic heterocycles. The molecule has 0 spiro atoms. The summed E-state index contributed by atoms with van der Waals surface area (Å²) in [6, 6.07) is 16.6. The minimum atomic E-state index is 0.946. The summed E-state index contributed by atoms with van der Waals surface area (Å²) in [5.41, 5.74) is 1.33. The lowest BCUT2D eigenvalue weighted by Crippen LogP contribution is -2.32. The molecule has 92 valence electrons. The summed E-state index contributed by atoms with van der Waals surface area (Å²) < 4.78 is 2.16. The van der Waals surface area contributed by atoms with Crippen LogP contribution in [0.25, 0.3) is 0 Å². The van der Waals surface area contributed by atoms with E-state index in [9.17, 15) is 0 Å². The summed E-state index contributed by atoms with van der Waals surface area (Å²) in [6.07, 6.45) is 4.15. The monoisotopic (exact) mass is 230 g/mol. The van der Waals surface area contributed by atoms with E-state index in [2.05, 4.69) is 41.2 Å². The van der Waals surface area contributed by atoms with E-state index in [1.165, 1.54) is 5.56 Å². The quantitative estimate of drug-likeness (QED) is 0.685. The fraction of sp³-hybridized carbons (Fsp3) is 0.312. The fourth-order valence-electron chi connectivity index (χ4n) is 1.33. The maximum atomic E-state index is 2.16. The van der Waals surface area contributed by atoms with Crippen LogP contribution in [0, 0.1) is 0 Å². The third kappa shape index (κ3) is 6.52. The van der Waals surface area contributed by atoms with Gasteiger partial charge in [-0.05, 0) is 0 Å². The Morgan fingerprint density at radius 1 is 0.706 bits per heavy atom. The van der Waals surface area contributed by atoms with E-state index in [4.69, 9.17) is 0 Å². The number of nitrogens with zero attached hydrogens (tertiary/aromatic N) is 1. The molecule has 1 heterocycles. The average molecular weight is 230 g/mol. The molecule has 2 aromatic rings. The van der Waals surface area contributed by atoms with Gasteiger partial charge in [-0.1, -0.05) is 64.1 Å². The van der Waals surface area contributed by atoms with Crippen LogP contribution >= 0.6 is 0 Å². The average Bonchev–Trinajstić information content (AvgIpc) is 2.45. The molecule has 0 unspecified atom stereocenters. The SMILES string of the molecule is CC.CC.c1ccc(C[n+]2ccccc2)cc1. The van der Waals surface area contributed by atoms with Crippen LogP contribution < -0.4 is 4.57 Å². The molecule has 0 atom stereocenters. The molecule has 17 heavy (non-hydrogen) atoms. The first-order valence-corrected chi connectivity index (χ1v) is 6.43. The lowest BCUT2D eigenvalue weighted by molar-refractivity contribution is -0.688. The number of aromatic nitrogens is 1. The second kappa shape index (κ2) is 10.9. The molecule has 2 rings (SSSR count). The first-order valence-electron chi connectivity index (χ1n) is 6.43. The van der Waals surface area contributed by atoms with Gasteiger partial charge in [0.1, 0.15) is 0 Å². The Kier molecular flexibility index (Phi) is 9.83. The molecule has 0 radical (unpaired) electrons. The summed E-state index contributed by atoms with van der Waals surface area (Å²) in [7, 11) is 0. The van der Waals surface area contributed by atoms with Gasteiger partial charge in [-0.2, -0.15) is 0 Å². The highest BCUT2D eigenvalue weighted by molar-refractivity contribution is 5.13. The molecule has 1 heteroatoms. The Balaban J connectivity index is 0.000000581. The Labute approximate surface area is 106 Å². The highest BCUT2D eigenvalue weighted by Crippen LogP contribution is 1.96. The first kappa shape index (κ1) is 15.4. The van der Waals surface area contributed by atoms with E-state index in [1.54, 1.807) is 0 Å². The standard InChI is InChI=1S/C12H12N.2C2H6/c1-3-7-12(8-4-1)11-13-9-5-2-6-10-13;2*1-2/h1-10H,11H2;2*1-2H3/q+1;;. The zero-order valence-electron chi connectivity index (χ0n) is 11.4. The van der Waals surface area contributed by atoms with Gasteiger partial charge in [-0.15, -0.1) is 0 Å². The van der Waals surface area contributed by atoms with E-state index in [1.807, 2.05) is 52.0 Å². The molecule has 0 fully saturated rings. The molecular formula is C16H24N+. The van der Waals surface area contributed by atoms with Crippen molar-refractivity contribution < 1.29 is 4.57 Å². The Morgan fingerprint density at radius 3 is 1.71 bits per heavy atom. The van der Waals surface area contributed by atoms with Crippen LogP contribution in [0.15, 0.2) is 60.9 Å². The molecule has 0 saturated heterocycles. The van der Waals surface area contributed by atoms with E-state index in [0.717, 1.165) is 6.54 Å². The van der Waals surface area contributed by atoms with Crippen LogP contribution in [-0.4, -0.2) is 0 Å². The van der Waals surface area contributed by atoms with Gasteiger partial charge in [-0.25, -0.2) is 4.57 Å². The molecule has 0 aliphatic rings. The summed E-state index contributed by atoms with van der Waals surface area (Å²) in [5.74, 6) is 0. The Hall–Kier alpha value is -1.63. The summed E-state index contributed by atoms with van der Waals surface area (Å²) in [6.45, 7) is 8.95. The van der Waals surface area contributed by atoms with Gasteiger partial charge in [0, 0.05) is 17.7 Å². The van der Waals surface area contributed by atoms with Crippen molar-refractivity contribution in [3.8, 4) is 0 Å². The second-order valence-electron chi connectivity index (χ2n) is 3.03. The number of rotatable bonds is 2. The second-order valence-corrected chi connectivity index (χ2v) is 3.03. The maximum absolute atomic E-state index is 2.16. The third-order valence-corrected chi connectivity index (χ3v) is 1.99. The predicted molar refractivity (Wildman–Crippen MR) is 74.9 cm³/mol. The fourth-order valence-corrected chi connectivity index (χ4v) is 1.33. The molecule has 1 aromatic carbocycles. The van der Waals surface area contributed by atoms with Gasteiger partial charge in [0.2, 0.25) is 0 Å². The molecule has 0 bridgehead atoms. The van der Waals surface area contributed by atoms with Crippen LogP contribution in [0.1, 0.15) is 33.3 Å². The van der Waals surface area contributed by atoms with Gasteiger partial charge < -0.3 is 0 Å². The van der Waals surface area contributed by atoms with E-state index in [-0.39, 0.29) is 0 Å². The Bertz CT molecular complexity index is 316. The predicted octanol–water partition coefficient (Wildman–Crippen LogP) is 4.07. The topological polar surface area (TPSA) is 3.88 Å². The summed E-state index contributed by atoms with van der Waals surface area (Å²) in [5, 5.41) is 0. The van der Waals surface area contributed by atoms with Gasteiger partial charge in [0.25, 0.3) is 0 Å². The third-order valence-electron chi connectivity index (χ3n) is 1.99. The minimum absolute atomic E-state index is 0.946. The smallest absolute Gasteiger partial charge is 0.173 e. The van der Waals surface area contributed by atoms with Crippen molar-refractivity contribution in [2.75, 3.05) is 0 Å². The van der Waals surface area contributed by atoms with Crippen molar-refractivity contribution in [2.45, 2.75) is 34.2 Å². The van der Waals surface area contributed by atoms with Crippen molar-refractivity contribution in [2.24, 2.45) is 0 Å². The van der Waals surface area contributed by atoms with Crippen LogP contribution in [-0.2, 0) is 6.54 Å². The van der Waals surface area contributed by atoms with Gasteiger partial charge in [0.05, 0.1) is 0 Å². The van der Waals surface area contributed by atoms with Crippen LogP contribution in [0.2, 0.25) is 0 Å². The summed E-state index contributed by atoms with van der Waals surface area (Å²) >= 11 is 0. The van der Waals surface area contributed by atoms with Crippen molar-refractivity contribution in [1.29, 1.82) is 0 Å². The molecular weight excluding hydrogens is 206 g/mol. The van der Waals surface area contributed by atoms with Crippen molar-refractivity contribution in [1.82, 2.24) is 0 Å². The Morgan fingerprint density at radius 2 is 1.18 bits per heavy atom. The normalized spacial score (nSPS) is 8.24. The lowest BCUT2D eigenvalue weighted by Gasteiger charge is -1.95. The van der Waals surface area contributed by atoms with Crippen molar-refractivity contribution in [3.05, 3.63) is 66.5 Å². The first-order chi connectivity index (χ1) is 8.45. The van der Waals surface area contributed by atoms with Gasteiger partial charge >= 0.3 is 0 Å². The molecule has 1 aromatic heterocycles. The minimum Gasteiger partial charge on any atom is -0.201 e. The number of hydrogen-bond acceptors (Lipinski definition) is 0. The van der Waals surface area contributed by atoms with E-state index in [0.29, 0.717) is 0 Å². The van der Waals surface area contributed by atoms with Crippen LogP contribution in [0.3, 0.4) is 0 Å². The van der Waals surface area contributed by atoms with Gasteiger partial charge in [0.15, 0.2) is 18.9 Å². The van der Waals surface area contributed by atoms with Crippen molar-refractivity contribution in [3.63, 3.8) is 0 Å². The zero-order chi connectivity index (χ0) is 12.9. The highest BCUT2D eigenvalue weighted by atomic mass is 14.9. The van der Waals surface area contributed by atoms with Crippen molar-refractivity contribution >= 4 is 0 Å². The van der Waals surface area contributed by atoms with E-state index >= 15 is 0 Å². The lowest BCUT2D eigenvalue weighted by atomic mass is 10.2. The van der Waals surface area contributed by atoms with E-state index < -0.39 is 0 Å². The zero-order valence-corrected chi connectivity index (χ0v) is 11.4. The highest BCUT2D eigenvalue weighted by Gasteiger charge is 1.98. The largest absolute Gasteiger partial charge is 0.201 e. The molecule has 0 N–H and O–H groups in total. The summed E-state index contributed by atoms with van der Waals surface area (Å²) in [4.78, 5) is 0. The number of benzene rings is 1. The molecule has 0 amide bonds. The maximum Gasteiger partial charge on any atom is 0.173 e. The molecule has 0 aliphatic carbocycles. The number of hydrogen-bond donors (Lipinski definition) is 0. The molecule has 0 saturated carbocycles. The van der Waals surface area contributed by atoms with Crippen LogP contribution in [0.4, 0.5) is 0 Å². The number of pyridine rings is 1. The molecule has 1 nitrogen and oxygen atoms in total.